The second-order valence-corrected chi connectivity index (χ2v) is 3.29. The van der Waals surface area contributed by atoms with Crippen LogP contribution in [0.25, 0.3) is 0 Å². The first kappa shape index (κ1) is 11.2. The van der Waals surface area contributed by atoms with E-state index in [-0.39, 0.29) is 0 Å². The number of nitrogens with one attached hydrogen (secondary N) is 1. The summed E-state index contributed by atoms with van der Waals surface area (Å²) in [5, 5.41) is 12.8. The molecule has 0 fully saturated rings. The molecule has 0 atom stereocenters. The molecular formula is C11H14N2O2. The van der Waals surface area contributed by atoms with Crippen molar-refractivity contribution in [3.05, 3.63) is 57.9 Å². The minimum absolute atomic E-state index is 0.487. The molecule has 0 aromatic heterocycles. The van der Waals surface area contributed by atoms with Crippen molar-refractivity contribution in [2.75, 3.05) is 6.54 Å². The highest BCUT2D eigenvalue weighted by atomic mass is 16.6. The molecule has 0 heterocycles. The SMILES string of the molecule is Cc1ccc(CCNC=C[N+](=O)[O-])cc1. The monoisotopic (exact) mass is 206 g/mol. The lowest BCUT2D eigenvalue weighted by atomic mass is 10.1. The summed E-state index contributed by atoms with van der Waals surface area (Å²) in [5.74, 6) is 0. The van der Waals surface area contributed by atoms with Crippen molar-refractivity contribution < 1.29 is 4.92 Å². The molecule has 0 saturated heterocycles. The van der Waals surface area contributed by atoms with Crippen molar-refractivity contribution in [3.8, 4) is 0 Å². The van der Waals surface area contributed by atoms with E-state index in [2.05, 4.69) is 29.6 Å². The zero-order valence-corrected chi connectivity index (χ0v) is 8.64. The van der Waals surface area contributed by atoms with Crippen LogP contribution in [0.2, 0.25) is 0 Å². The normalized spacial score (nSPS) is 10.5. The van der Waals surface area contributed by atoms with E-state index in [1.165, 1.54) is 17.3 Å². The Kier molecular flexibility index (Phi) is 4.34. The molecule has 1 N–H and O–H groups in total. The predicted octanol–water partition coefficient (Wildman–Crippen LogP) is 1.88. The van der Waals surface area contributed by atoms with Crippen LogP contribution in [0, 0.1) is 17.0 Å². The first-order chi connectivity index (χ1) is 7.18. The molecule has 0 radical (unpaired) electrons. The zero-order valence-electron chi connectivity index (χ0n) is 8.64. The number of hydrogen-bond donors (Lipinski definition) is 1. The zero-order chi connectivity index (χ0) is 11.1. The van der Waals surface area contributed by atoms with Gasteiger partial charge < -0.3 is 5.32 Å². The summed E-state index contributed by atoms with van der Waals surface area (Å²) >= 11 is 0. The predicted molar refractivity (Wildman–Crippen MR) is 59.0 cm³/mol. The molecule has 1 aromatic carbocycles. The van der Waals surface area contributed by atoms with E-state index < -0.39 is 4.92 Å². The largest absolute Gasteiger partial charge is 0.386 e. The number of nitro groups is 1. The summed E-state index contributed by atoms with van der Waals surface area (Å²) in [4.78, 5) is 9.46. The van der Waals surface area contributed by atoms with E-state index in [0.29, 0.717) is 6.54 Å². The number of rotatable bonds is 5. The Bertz CT molecular complexity index is 344. The van der Waals surface area contributed by atoms with Gasteiger partial charge in [0, 0.05) is 6.54 Å². The summed E-state index contributed by atoms with van der Waals surface area (Å²) in [6, 6.07) is 8.24. The number of hydrogen-bond acceptors (Lipinski definition) is 3. The lowest BCUT2D eigenvalue weighted by molar-refractivity contribution is -0.402. The van der Waals surface area contributed by atoms with Crippen LogP contribution in [0.4, 0.5) is 0 Å². The molecule has 1 rings (SSSR count). The molecule has 0 spiro atoms. The average Bonchev–Trinajstić information content (AvgIpc) is 2.20. The second-order valence-electron chi connectivity index (χ2n) is 3.29. The molecule has 0 unspecified atom stereocenters. The highest BCUT2D eigenvalue weighted by molar-refractivity contribution is 5.21. The minimum atomic E-state index is -0.487. The molecule has 0 aliphatic carbocycles. The van der Waals surface area contributed by atoms with Crippen molar-refractivity contribution in [2.45, 2.75) is 13.3 Å². The third-order valence-electron chi connectivity index (χ3n) is 1.99. The van der Waals surface area contributed by atoms with Crippen LogP contribution in [0.15, 0.2) is 36.7 Å². The maximum Gasteiger partial charge on any atom is 0.249 e. The third-order valence-corrected chi connectivity index (χ3v) is 1.99. The fraction of sp³-hybridized carbons (Fsp3) is 0.273. The van der Waals surface area contributed by atoms with Crippen LogP contribution in [-0.2, 0) is 6.42 Å². The van der Waals surface area contributed by atoms with E-state index in [1.54, 1.807) is 0 Å². The lowest BCUT2D eigenvalue weighted by Gasteiger charge is -2.01. The number of benzene rings is 1. The Morgan fingerprint density at radius 3 is 2.67 bits per heavy atom. The van der Waals surface area contributed by atoms with Gasteiger partial charge in [0.2, 0.25) is 6.20 Å². The Hall–Kier alpha value is -1.84. The third kappa shape index (κ3) is 4.81. The maximum atomic E-state index is 9.95. The van der Waals surface area contributed by atoms with Crippen molar-refractivity contribution in [1.29, 1.82) is 0 Å². The van der Waals surface area contributed by atoms with E-state index in [0.717, 1.165) is 12.6 Å². The maximum absolute atomic E-state index is 9.95. The van der Waals surface area contributed by atoms with Crippen LogP contribution in [0.1, 0.15) is 11.1 Å². The Morgan fingerprint density at radius 1 is 1.40 bits per heavy atom. The summed E-state index contributed by atoms with van der Waals surface area (Å²) in [5.41, 5.74) is 2.46. The number of nitrogens with zero attached hydrogens (tertiary/aromatic N) is 1. The quantitative estimate of drug-likeness (QED) is 0.454. The van der Waals surface area contributed by atoms with Gasteiger partial charge in [0.15, 0.2) is 0 Å². The summed E-state index contributed by atoms with van der Waals surface area (Å²) < 4.78 is 0. The van der Waals surface area contributed by atoms with Gasteiger partial charge in [-0.1, -0.05) is 29.8 Å². The van der Waals surface area contributed by atoms with Crippen molar-refractivity contribution in [3.63, 3.8) is 0 Å². The van der Waals surface area contributed by atoms with Gasteiger partial charge in [0.1, 0.15) is 0 Å². The van der Waals surface area contributed by atoms with Crippen molar-refractivity contribution >= 4 is 0 Å². The van der Waals surface area contributed by atoms with Crippen molar-refractivity contribution in [2.24, 2.45) is 0 Å². The molecule has 0 saturated carbocycles. The minimum Gasteiger partial charge on any atom is -0.386 e. The van der Waals surface area contributed by atoms with E-state index in [9.17, 15) is 10.1 Å². The molecule has 0 aliphatic heterocycles. The fourth-order valence-corrected chi connectivity index (χ4v) is 1.17. The molecule has 4 heteroatoms. The van der Waals surface area contributed by atoms with Crippen LogP contribution < -0.4 is 5.32 Å². The Morgan fingerprint density at radius 2 is 2.07 bits per heavy atom. The van der Waals surface area contributed by atoms with Crippen LogP contribution >= 0.6 is 0 Å². The van der Waals surface area contributed by atoms with Crippen LogP contribution in [0.3, 0.4) is 0 Å². The van der Waals surface area contributed by atoms with Gasteiger partial charge in [0.05, 0.1) is 11.1 Å². The van der Waals surface area contributed by atoms with Gasteiger partial charge in [-0.2, -0.15) is 0 Å². The van der Waals surface area contributed by atoms with Gasteiger partial charge in [0.25, 0.3) is 0 Å². The number of aryl methyl sites for hydroxylation is 1. The van der Waals surface area contributed by atoms with Crippen molar-refractivity contribution in [1.82, 2.24) is 5.32 Å². The summed E-state index contributed by atoms with van der Waals surface area (Å²) in [6.45, 7) is 2.75. The van der Waals surface area contributed by atoms with E-state index >= 15 is 0 Å². The Balaban J connectivity index is 2.26. The smallest absolute Gasteiger partial charge is 0.249 e. The molecule has 0 bridgehead atoms. The fourth-order valence-electron chi connectivity index (χ4n) is 1.17. The summed E-state index contributed by atoms with van der Waals surface area (Å²) in [7, 11) is 0. The molecular weight excluding hydrogens is 192 g/mol. The molecule has 0 amide bonds. The Labute approximate surface area is 88.8 Å². The molecule has 4 nitrogen and oxygen atoms in total. The van der Waals surface area contributed by atoms with Gasteiger partial charge in [-0.3, -0.25) is 10.1 Å². The van der Waals surface area contributed by atoms with E-state index in [1.807, 2.05) is 6.92 Å². The van der Waals surface area contributed by atoms with Gasteiger partial charge in [-0.25, -0.2) is 0 Å². The topological polar surface area (TPSA) is 55.2 Å². The van der Waals surface area contributed by atoms with Gasteiger partial charge in [-0.05, 0) is 18.9 Å². The highest BCUT2D eigenvalue weighted by Crippen LogP contribution is 2.02. The highest BCUT2D eigenvalue weighted by Gasteiger charge is 1.91. The van der Waals surface area contributed by atoms with Crippen LogP contribution in [0.5, 0.6) is 0 Å². The second kappa shape index (κ2) is 5.80. The van der Waals surface area contributed by atoms with Gasteiger partial charge >= 0.3 is 0 Å². The lowest BCUT2D eigenvalue weighted by Crippen LogP contribution is -2.10. The molecule has 0 aliphatic rings. The van der Waals surface area contributed by atoms with Gasteiger partial charge in [-0.15, -0.1) is 0 Å². The molecule has 80 valence electrons. The molecule has 1 aromatic rings. The molecule has 15 heavy (non-hydrogen) atoms. The van der Waals surface area contributed by atoms with Crippen LogP contribution in [-0.4, -0.2) is 11.5 Å². The average molecular weight is 206 g/mol. The first-order valence-corrected chi connectivity index (χ1v) is 4.77. The van der Waals surface area contributed by atoms with E-state index in [4.69, 9.17) is 0 Å². The first-order valence-electron chi connectivity index (χ1n) is 4.77. The summed E-state index contributed by atoms with van der Waals surface area (Å²) in [6.07, 6.45) is 3.12. The standard InChI is InChI=1S/C11H14N2O2/c1-10-2-4-11(5-3-10)6-7-12-8-9-13(14)15/h2-5,8-9,12H,6-7H2,1H3.